The molecule has 0 amide bonds. The molecule has 0 radical (unpaired) electrons. The van der Waals surface area contributed by atoms with Crippen LogP contribution in [0.5, 0.6) is 0 Å². The number of anilines is 1. The Hall–Kier alpha value is -3.04. The van der Waals surface area contributed by atoms with E-state index in [9.17, 15) is 18.5 Å². The molecule has 2 aromatic carbocycles. The first-order valence-electron chi connectivity index (χ1n) is 8.51. The van der Waals surface area contributed by atoms with E-state index in [0.29, 0.717) is 27.8 Å². The van der Waals surface area contributed by atoms with E-state index < -0.39 is 14.9 Å². The second-order valence-corrected chi connectivity index (χ2v) is 8.61. The molecule has 0 saturated heterocycles. The maximum Gasteiger partial charge on any atom is 0.295 e. The van der Waals surface area contributed by atoms with Crippen LogP contribution in [0, 0.1) is 17.0 Å². The van der Waals surface area contributed by atoms with E-state index >= 15 is 0 Å². The molecule has 28 heavy (non-hydrogen) atoms. The smallest absolute Gasteiger partial charge is 0.295 e. The standard InChI is InChI=1S/C19H20N4O4S/c1-13-11-16(15-8-6-9-17(23(24)25)19(15)21-13)20-12-14-7-4-5-10-18(14)28(26,27)22(2)3/h4-11H,12H2,1-3H3,(H,20,21). The summed E-state index contributed by atoms with van der Waals surface area (Å²) in [7, 11) is -0.620. The van der Waals surface area contributed by atoms with Gasteiger partial charge in [-0.2, -0.15) is 0 Å². The first kappa shape index (κ1) is 19.7. The van der Waals surface area contributed by atoms with Gasteiger partial charge in [-0.05, 0) is 24.6 Å². The maximum atomic E-state index is 12.6. The van der Waals surface area contributed by atoms with Gasteiger partial charge in [-0.3, -0.25) is 10.1 Å². The van der Waals surface area contributed by atoms with Crippen molar-refractivity contribution in [1.29, 1.82) is 0 Å². The molecule has 0 unspecified atom stereocenters. The molecule has 1 aromatic heterocycles. The molecule has 0 aliphatic rings. The summed E-state index contributed by atoms with van der Waals surface area (Å²) in [6.45, 7) is 2.00. The van der Waals surface area contributed by atoms with E-state index in [1.54, 1.807) is 49.4 Å². The van der Waals surface area contributed by atoms with Gasteiger partial charge in [-0.15, -0.1) is 0 Å². The molecule has 8 nitrogen and oxygen atoms in total. The van der Waals surface area contributed by atoms with Crippen LogP contribution < -0.4 is 5.32 Å². The molecular formula is C19H20N4O4S. The lowest BCUT2D eigenvalue weighted by Crippen LogP contribution is -2.23. The molecular weight excluding hydrogens is 380 g/mol. The number of fused-ring (bicyclic) bond motifs is 1. The zero-order valence-corrected chi connectivity index (χ0v) is 16.5. The van der Waals surface area contributed by atoms with E-state index in [1.807, 2.05) is 0 Å². The number of sulfonamides is 1. The number of benzene rings is 2. The maximum absolute atomic E-state index is 12.6. The largest absolute Gasteiger partial charge is 0.380 e. The van der Waals surface area contributed by atoms with Gasteiger partial charge in [0.05, 0.1) is 9.82 Å². The predicted molar refractivity (Wildman–Crippen MR) is 108 cm³/mol. The van der Waals surface area contributed by atoms with E-state index in [-0.39, 0.29) is 17.1 Å². The summed E-state index contributed by atoms with van der Waals surface area (Å²) in [4.78, 5) is 15.4. The van der Waals surface area contributed by atoms with Gasteiger partial charge in [0.15, 0.2) is 5.52 Å². The quantitative estimate of drug-likeness (QED) is 0.503. The van der Waals surface area contributed by atoms with E-state index in [2.05, 4.69) is 10.3 Å². The summed E-state index contributed by atoms with van der Waals surface area (Å²) in [5.74, 6) is 0. The molecule has 1 heterocycles. The van der Waals surface area contributed by atoms with Gasteiger partial charge in [0, 0.05) is 43.5 Å². The average Bonchev–Trinajstić information content (AvgIpc) is 2.65. The first-order chi connectivity index (χ1) is 13.2. The van der Waals surface area contributed by atoms with E-state index in [4.69, 9.17) is 0 Å². The number of hydrogen-bond donors (Lipinski definition) is 1. The average molecular weight is 400 g/mol. The number of para-hydroxylation sites is 1. The lowest BCUT2D eigenvalue weighted by Gasteiger charge is -2.16. The van der Waals surface area contributed by atoms with Crippen molar-refractivity contribution in [3.63, 3.8) is 0 Å². The second-order valence-electron chi connectivity index (χ2n) is 6.49. The van der Waals surface area contributed by atoms with Gasteiger partial charge >= 0.3 is 0 Å². The number of nitrogens with one attached hydrogen (secondary N) is 1. The Kier molecular flexibility index (Phi) is 5.30. The van der Waals surface area contributed by atoms with Crippen LogP contribution in [0.15, 0.2) is 53.4 Å². The van der Waals surface area contributed by atoms with Gasteiger partial charge in [0.1, 0.15) is 0 Å². The zero-order chi connectivity index (χ0) is 20.5. The number of hydrogen-bond acceptors (Lipinski definition) is 6. The van der Waals surface area contributed by atoms with Crippen molar-refractivity contribution in [3.8, 4) is 0 Å². The summed E-state index contributed by atoms with van der Waals surface area (Å²) in [5.41, 5.74) is 2.11. The third kappa shape index (κ3) is 3.67. The van der Waals surface area contributed by atoms with Gasteiger partial charge in [0.25, 0.3) is 5.69 Å². The third-order valence-corrected chi connectivity index (χ3v) is 6.26. The molecule has 1 N–H and O–H groups in total. The summed E-state index contributed by atoms with van der Waals surface area (Å²) in [6, 6.07) is 13.3. The minimum Gasteiger partial charge on any atom is -0.380 e. The van der Waals surface area contributed by atoms with E-state index in [0.717, 1.165) is 0 Å². The van der Waals surface area contributed by atoms with Crippen LogP contribution in [-0.4, -0.2) is 36.7 Å². The number of nitrogens with zero attached hydrogens (tertiary/aromatic N) is 3. The Morgan fingerprint density at radius 1 is 1.14 bits per heavy atom. The molecule has 0 spiro atoms. The number of rotatable bonds is 6. The van der Waals surface area contributed by atoms with Crippen LogP contribution in [0.4, 0.5) is 11.4 Å². The fourth-order valence-electron chi connectivity index (χ4n) is 2.94. The molecule has 0 bridgehead atoms. The van der Waals surface area contributed by atoms with Crippen LogP contribution in [0.2, 0.25) is 0 Å². The van der Waals surface area contributed by atoms with Gasteiger partial charge in [-0.25, -0.2) is 17.7 Å². The molecule has 0 aliphatic heterocycles. The van der Waals surface area contributed by atoms with Crippen LogP contribution >= 0.6 is 0 Å². The molecule has 0 atom stereocenters. The number of aromatic nitrogens is 1. The highest BCUT2D eigenvalue weighted by Crippen LogP contribution is 2.30. The lowest BCUT2D eigenvalue weighted by atomic mass is 10.1. The molecule has 3 aromatic rings. The number of nitro benzene ring substituents is 1. The van der Waals surface area contributed by atoms with Crippen LogP contribution in [0.25, 0.3) is 10.9 Å². The monoisotopic (exact) mass is 400 g/mol. The van der Waals surface area contributed by atoms with Crippen molar-refractivity contribution in [2.75, 3.05) is 19.4 Å². The highest BCUT2D eigenvalue weighted by atomic mass is 32.2. The van der Waals surface area contributed by atoms with Crippen LogP contribution in [0.3, 0.4) is 0 Å². The van der Waals surface area contributed by atoms with Crippen molar-refractivity contribution < 1.29 is 13.3 Å². The zero-order valence-electron chi connectivity index (χ0n) is 15.7. The Morgan fingerprint density at radius 2 is 1.86 bits per heavy atom. The van der Waals surface area contributed by atoms with Crippen molar-refractivity contribution >= 4 is 32.3 Å². The highest BCUT2D eigenvalue weighted by molar-refractivity contribution is 7.89. The summed E-state index contributed by atoms with van der Waals surface area (Å²) in [6.07, 6.45) is 0. The number of pyridine rings is 1. The topological polar surface area (TPSA) is 105 Å². The summed E-state index contributed by atoms with van der Waals surface area (Å²) >= 11 is 0. The summed E-state index contributed by atoms with van der Waals surface area (Å²) < 4.78 is 26.3. The molecule has 0 aliphatic carbocycles. The molecule has 146 valence electrons. The van der Waals surface area contributed by atoms with Crippen molar-refractivity contribution in [2.24, 2.45) is 0 Å². The molecule has 9 heteroatoms. The third-order valence-electron chi connectivity index (χ3n) is 4.34. The molecule has 0 saturated carbocycles. The summed E-state index contributed by atoms with van der Waals surface area (Å²) in [5, 5.41) is 15.1. The Morgan fingerprint density at radius 3 is 2.54 bits per heavy atom. The Labute approximate surface area is 163 Å². The SMILES string of the molecule is Cc1cc(NCc2ccccc2S(=O)(=O)N(C)C)c2cccc([N+](=O)[O-])c2n1. The number of non-ortho nitro benzene ring substituents is 1. The normalized spacial score (nSPS) is 11.7. The van der Waals surface area contributed by atoms with E-state index in [1.165, 1.54) is 24.5 Å². The van der Waals surface area contributed by atoms with Gasteiger partial charge in [0.2, 0.25) is 10.0 Å². The fourth-order valence-corrected chi connectivity index (χ4v) is 4.06. The second kappa shape index (κ2) is 7.53. The minimum absolute atomic E-state index is 0.0696. The lowest BCUT2D eigenvalue weighted by molar-refractivity contribution is -0.383. The van der Waals surface area contributed by atoms with Crippen LogP contribution in [-0.2, 0) is 16.6 Å². The predicted octanol–water partition coefficient (Wildman–Crippen LogP) is 3.31. The van der Waals surface area contributed by atoms with Crippen molar-refractivity contribution in [2.45, 2.75) is 18.4 Å². The minimum atomic E-state index is -3.59. The fraction of sp³-hybridized carbons (Fsp3) is 0.211. The Balaban J connectivity index is 2.03. The van der Waals surface area contributed by atoms with Gasteiger partial charge in [-0.1, -0.05) is 30.3 Å². The van der Waals surface area contributed by atoms with Crippen molar-refractivity contribution in [3.05, 3.63) is 69.9 Å². The molecule has 3 rings (SSSR count). The first-order valence-corrected chi connectivity index (χ1v) is 9.95. The Bertz CT molecular complexity index is 1160. The van der Waals surface area contributed by atoms with Crippen molar-refractivity contribution in [1.82, 2.24) is 9.29 Å². The number of nitro groups is 1. The van der Waals surface area contributed by atoms with Crippen LogP contribution in [0.1, 0.15) is 11.3 Å². The highest BCUT2D eigenvalue weighted by Gasteiger charge is 2.21. The number of aryl methyl sites for hydroxylation is 1. The van der Waals surface area contributed by atoms with Gasteiger partial charge < -0.3 is 5.32 Å². The molecule has 0 fully saturated rings.